The van der Waals surface area contributed by atoms with E-state index >= 15 is 0 Å². The van der Waals surface area contributed by atoms with Crippen molar-refractivity contribution >= 4 is 47.0 Å². The number of aromatic nitrogens is 2. The highest BCUT2D eigenvalue weighted by atomic mass is 35.5. The van der Waals surface area contributed by atoms with Gasteiger partial charge in [-0.2, -0.15) is 0 Å². The van der Waals surface area contributed by atoms with Gasteiger partial charge in [0.2, 0.25) is 23.6 Å². The quantitative estimate of drug-likeness (QED) is 0.103. The van der Waals surface area contributed by atoms with E-state index in [9.17, 15) is 29.1 Å². The van der Waals surface area contributed by atoms with Gasteiger partial charge in [0, 0.05) is 126 Å². The van der Waals surface area contributed by atoms with Crippen molar-refractivity contribution in [2.24, 2.45) is 11.8 Å². The first-order valence-corrected chi connectivity index (χ1v) is 31.6. The maximum atomic E-state index is 14.5. The van der Waals surface area contributed by atoms with Gasteiger partial charge in [-0.05, 0) is 138 Å². The maximum Gasteiger partial charge on any atom is 0.251 e. The molecule has 2 saturated carbocycles. The fourth-order valence-corrected chi connectivity index (χ4v) is 14.0. The summed E-state index contributed by atoms with van der Waals surface area (Å²) in [6.45, 7) is 18.1. The number of nitrogens with zero attached hydrogens (tertiary/aromatic N) is 9. The van der Waals surface area contributed by atoms with Crippen LogP contribution in [-0.4, -0.2) is 210 Å². The maximum absolute atomic E-state index is 14.5. The molecule has 19 heteroatoms. The number of fused-ring (bicyclic) bond motifs is 1. The molecule has 3 aromatic rings. The minimum Gasteiger partial charge on any atom is -0.387 e. The van der Waals surface area contributed by atoms with Gasteiger partial charge in [0.15, 0.2) is 0 Å². The van der Waals surface area contributed by atoms with Crippen molar-refractivity contribution in [1.29, 1.82) is 0 Å². The van der Waals surface area contributed by atoms with Gasteiger partial charge in [0.25, 0.3) is 5.91 Å². The van der Waals surface area contributed by atoms with E-state index in [1.54, 1.807) is 6.33 Å². The molecule has 0 radical (unpaired) electrons. The van der Waals surface area contributed by atoms with E-state index in [1.807, 2.05) is 57.2 Å². The number of carbonyl (C=O) groups is 5. The number of hydrogen-bond acceptors (Lipinski definition) is 13. The highest BCUT2D eigenvalue weighted by molar-refractivity contribution is 6.30. The Morgan fingerprint density at radius 3 is 2.21 bits per heavy atom. The molecule has 18 nitrogen and oxygen atoms in total. The smallest absolute Gasteiger partial charge is 0.251 e. The van der Waals surface area contributed by atoms with Crippen molar-refractivity contribution in [3.63, 3.8) is 0 Å². The van der Waals surface area contributed by atoms with E-state index < -0.39 is 18.1 Å². The average molecular weight is 1150 g/mol. The number of aliphatic hydroxyl groups is 1. The lowest BCUT2D eigenvalue weighted by atomic mass is 9.83. The van der Waals surface area contributed by atoms with E-state index in [0.29, 0.717) is 108 Å². The van der Waals surface area contributed by atoms with Gasteiger partial charge >= 0.3 is 0 Å². The molecule has 4 saturated heterocycles. The predicted octanol–water partition coefficient (Wildman–Crippen LogP) is 5.62. The zero-order valence-corrected chi connectivity index (χ0v) is 49.8. The molecule has 2 aromatic carbocycles. The van der Waals surface area contributed by atoms with Crippen LogP contribution in [0.2, 0.25) is 5.02 Å². The third-order valence-corrected chi connectivity index (χ3v) is 19.3. The lowest BCUT2D eigenvalue weighted by molar-refractivity contribution is -0.137. The zero-order valence-electron chi connectivity index (χ0n) is 49.0. The van der Waals surface area contributed by atoms with Crippen LogP contribution in [0.4, 0.5) is 5.82 Å². The van der Waals surface area contributed by atoms with Crippen molar-refractivity contribution in [1.82, 2.24) is 55.3 Å². The molecule has 5 heterocycles. The van der Waals surface area contributed by atoms with Crippen molar-refractivity contribution < 1.29 is 29.1 Å². The number of nitrogens with one attached hydrogen (secondary N) is 3. The Balaban J connectivity index is 0.652. The summed E-state index contributed by atoms with van der Waals surface area (Å²) in [5, 5.41) is 21.0. The molecule has 0 spiro atoms. The van der Waals surface area contributed by atoms with E-state index in [1.165, 1.54) is 0 Å². The minimum atomic E-state index is -0.574. The number of amides is 5. The lowest BCUT2D eigenvalue weighted by Crippen LogP contribution is -2.57. The predicted molar refractivity (Wildman–Crippen MR) is 319 cm³/mol. The first-order valence-electron chi connectivity index (χ1n) is 31.2. The number of piperazine rings is 2. The minimum absolute atomic E-state index is 0.0119. The summed E-state index contributed by atoms with van der Waals surface area (Å²) >= 11 is 6.34. The highest BCUT2D eigenvalue weighted by Gasteiger charge is 2.39. The molecule has 3 aliphatic carbocycles. The van der Waals surface area contributed by atoms with Gasteiger partial charge in [0.1, 0.15) is 18.2 Å². The number of carbonyl (C=O) groups excluding carboxylic acids is 5. The fourth-order valence-electron chi connectivity index (χ4n) is 13.9. The topological polar surface area (TPSA) is 190 Å². The number of likely N-dealkylation sites (tertiary alicyclic amines) is 2. The second kappa shape index (κ2) is 28.1. The zero-order chi connectivity index (χ0) is 57.3. The summed E-state index contributed by atoms with van der Waals surface area (Å²) in [6, 6.07) is 15.5. The molecule has 7 aliphatic rings. The number of rotatable bonds is 21. The summed E-state index contributed by atoms with van der Waals surface area (Å²) in [4.78, 5) is 93.8. The summed E-state index contributed by atoms with van der Waals surface area (Å²) in [7, 11) is 0. The molecule has 4 aliphatic heterocycles. The van der Waals surface area contributed by atoms with Gasteiger partial charge < -0.3 is 40.7 Å². The highest BCUT2D eigenvalue weighted by Crippen LogP contribution is 2.43. The van der Waals surface area contributed by atoms with Gasteiger partial charge in [-0.15, -0.1) is 0 Å². The van der Waals surface area contributed by atoms with Crippen LogP contribution in [0.15, 0.2) is 54.9 Å². The molecule has 1 unspecified atom stereocenters. The van der Waals surface area contributed by atoms with Crippen LogP contribution in [-0.2, 0) is 19.2 Å². The molecule has 82 heavy (non-hydrogen) atoms. The number of hydrogen-bond donors (Lipinski definition) is 4. The summed E-state index contributed by atoms with van der Waals surface area (Å²) in [5.74, 6) is 1.50. The molecule has 10 rings (SSSR count). The summed E-state index contributed by atoms with van der Waals surface area (Å²) in [5.41, 5.74) is 4.30. The van der Waals surface area contributed by atoms with Crippen LogP contribution in [0, 0.1) is 11.8 Å². The van der Waals surface area contributed by atoms with Crippen LogP contribution < -0.4 is 20.9 Å². The number of benzene rings is 2. The van der Waals surface area contributed by atoms with Crippen LogP contribution in [0.3, 0.4) is 0 Å². The Morgan fingerprint density at radius 2 is 1.49 bits per heavy atom. The Labute approximate surface area is 491 Å². The molecule has 4 N–H and O–H groups in total. The second-order valence-corrected chi connectivity index (χ2v) is 25.6. The van der Waals surface area contributed by atoms with Crippen molar-refractivity contribution in [3.8, 4) is 0 Å². The molecule has 5 amide bonds. The molecule has 446 valence electrons. The summed E-state index contributed by atoms with van der Waals surface area (Å²) < 4.78 is 0. The van der Waals surface area contributed by atoms with Gasteiger partial charge in [-0.1, -0.05) is 62.1 Å². The largest absolute Gasteiger partial charge is 0.387 e. The lowest BCUT2D eigenvalue weighted by Gasteiger charge is -2.41. The average Bonchev–Trinajstić information content (AvgIpc) is 4.42. The Bertz CT molecular complexity index is 2650. The van der Waals surface area contributed by atoms with Crippen LogP contribution >= 0.6 is 11.6 Å². The van der Waals surface area contributed by atoms with E-state index in [0.717, 1.165) is 138 Å². The number of halogens is 1. The molecular weight excluding hydrogens is 1060 g/mol. The number of anilines is 1. The monoisotopic (exact) mass is 1150 g/mol. The SMILES string of the molecule is CC(C)N(CCNC(=O)CN1CCC(CN2CCN(C(=O)[C@H](NC(=O)c3cccc(C4CCCN(C(=O)CNC5CC5)C4)c3)C3CCCCC3)CC2)CC1)C[C@@H](C(=O)N1CCN(c2ncnc3c2[C@H](C)C[C@H]3O)CC1)c1ccc(Cl)cc1. The van der Waals surface area contributed by atoms with Crippen molar-refractivity contribution in [2.45, 2.75) is 140 Å². The number of aliphatic hydroxyl groups excluding tert-OH is 1. The van der Waals surface area contributed by atoms with Gasteiger partial charge in [0.05, 0.1) is 30.8 Å². The van der Waals surface area contributed by atoms with Crippen molar-refractivity contribution in [2.75, 3.05) is 123 Å². The molecule has 6 fully saturated rings. The Kier molecular flexibility index (Phi) is 20.5. The molecule has 0 bridgehead atoms. The Hall–Kier alpha value is -5.24. The van der Waals surface area contributed by atoms with Crippen LogP contribution in [0.1, 0.15) is 154 Å². The van der Waals surface area contributed by atoms with Crippen molar-refractivity contribution in [3.05, 3.63) is 87.8 Å². The summed E-state index contributed by atoms with van der Waals surface area (Å²) in [6.07, 6.45) is 13.0. The molecule has 5 atom stereocenters. The van der Waals surface area contributed by atoms with Gasteiger partial charge in [-0.25, -0.2) is 9.97 Å². The molecule has 1 aromatic heterocycles. The van der Waals surface area contributed by atoms with E-state index in [4.69, 9.17) is 11.6 Å². The second-order valence-electron chi connectivity index (χ2n) is 25.2. The van der Waals surface area contributed by atoms with Crippen LogP contribution in [0.5, 0.6) is 0 Å². The van der Waals surface area contributed by atoms with E-state index in [2.05, 4.69) is 72.4 Å². The fraction of sp³-hybridized carbons (Fsp3) is 0.667. The van der Waals surface area contributed by atoms with E-state index in [-0.39, 0.29) is 53.3 Å². The number of piperidine rings is 2. The standard InChI is InChI=1S/C63H91ClN12O6/c1-43(2)75(40-53(46-14-16-51(64)17-15-46)62(81)73-33-31-72(32-34-73)60-57-44(3)35-54(77)59(57)67-42-68-60)26-22-65-55(78)41-70-24-20-45(21-25-70)38-71-27-29-74(30-28-71)63(82)58(47-9-5-4-6-10-47)69-61(80)49-12-7-11-48(36-49)50-13-8-23-76(39-50)56(79)37-66-52-18-19-52/h7,11-12,14-17,36,42-45,47,50,52-54,58,66,77H,4-6,8-10,13,18-35,37-41H2,1-3H3,(H,65,78)(H,69,80)/t44-,50?,53-,54-,58-/m1/s1. The van der Waals surface area contributed by atoms with Crippen LogP contribution in [0.25, 0.3) is 0 Å². The third kappa shape index (κ3) is 15.4. The van der Waals surface area contributed by atoms with Gasteiger partial charge in [-0.3, -0.25) is 38.7 Å². The first kappa shape index (κ1) is 59.9. The molecular formula is C63H91ClN12O6. The third-order valence-electron chi connectivity index (χ3n) is 19.1. The Morgan fingerprint density at radius 1 is 0.768 bits per heavy atom. The normalized spacial score (nSPS) is 23.2. The first-order chi connectivity index (χ1) is 39.7.